The molecule has 11 unspecified atom stereocenters. The maximum atomic E-state index is 2.80. The van der Waals surface area contributed by atoms with Gasteiger partial charge in [-0.05, 0) is 126 Å². The molecule has 0 aliphatic heterocycles. The molecule has 4 aliphatic rings. The fourth-order valence-corrected chi connectivity index (χ4v) is 16.2. The molecule has 5 rings (SSSR count). The Bertz CT molecular complexity index is 855. The first-order valence-corrected chi connectivity index (χ1v) is 16.9. The molecule has 0 radical (unpaired) electrons. The van der Waals surface area contributed by atoms with E-state index in [9.17, 15) is 0 Å². The molecule has 186 valence electrons. The van der Waals surface area contributed by atoms with E-state index in [1.54, 1.807) is 17.5 Å². The Labute approximate surface area is 207 Å². The van der Waals surface area contributed by atoms with Crippen molar-refractivity contribution in [2.24, 2.45) is 53.3 Å². The minimum absolute atomic E-state index is 0.675. The van der Waals surface area contributed by atoms with E-state index < -0.39 is 10.0 Å². The predicted molar refractivity (Wildman–Crippen MR) is 149 cm³/mol. The topological polar surface area (TPSA) is 0 Å². The van der Waals surface area contributed by atoms with Crippen LogP contribution in [0.2, 0.25) is 0 Å². The van der Waals surface area contributed by atoms with Gasteiger partial charge in [0.05, 0.1) is 0 Å². The molecule has 1 heteroatoms. The van der Waals surface area contributed by atoms with Crippen LogP contribution in [0.1, 0.15) is 89.3 Å². The highest BCUT2D eigenvalue weighted by atomic mass is 32.3. The molecule has 0 aromatic heterocycles. The van der Waals surface area contributed by atoms with E-state index in [1.807, 2.05) is 0 Å². The summed E-state index contributed by atoms with van der Waals surface area (Å²) in [6, 6.07) is 7.36. The first kappa shape index (κ1) is 24.3. The molecule has 0 N–H and O–H groups in total. The summed E-state index contributed by atoms with van der Waals surface area (Å²) in [5.41, 5.74) is 4.78. The molecule has 0 bridgehead atoms. The van der Waals surface area contributed by atoms with Crippen molar-refractivity contribution in [3.05, 3.63) is 34.9 Å². The van der Waals surface area contributed by atoms with E-state index in [-0.39, 0.29) is 0 Å². The largest absolute Gasteiger partial charge is 0.240 e. The lowest BCUT2D eigenvalue weighted by Crippen LogP contribution is -2.42. The molecule has 4 saturated carbocycles. The van der Waals surface area contributed by atoms with Gasteiger partial charge in [0, 0.05) is 0 Å². The second-order valence-corrected chi connectivity index (χ2v) is 17.9. The summed E-state index contributed by atoms with van der Waals surface area (Å²) in [7, 11) is -0.675. The van der Waals surface area contributed by atoms with Crippen molar-refractivity contribution in [2.45, 2.75) is 97.0 Å². The van der Waals surface area contributed by atoms with Crippen LogP contribution in [0.25, 0.3) is 0 Å². The lowest BCUT2D eigenvalue weighted by molar-refractivity contribution is 0.123. The minimum atomic E-state index is -0.675. The van der Waals surface area contributed by atoms with E-state index in [1.165, 1.54) is 31.2 Å². The average Bonchev–Trinajstić information content (AvgIpc) is 3.40. The summed E-state index contributed by atoms with van der Waals surface area (Å²) >= 11 is 0. The fourth-order valence-electron chi connectivity index (χ4n) is 10.6. The van der Waals surface area contributed by atoms with Crippen molar-refractivity contribution in [1.82, 2.24) is 0 Å². The standard InChI is InChI=1S/C32H52S/c1-18-13-14-19(2)27(15-18)30-26-12-10-11-25(26)17-29-28(30)16-20(3)31(29)33(8,9)32-23(6)21(4)22(5)24(32)7/h13-15,20-26,28-32H,10-12,16-17H2,1-9H3. The van der Waals surface area contributed by atoms with Crippen LogP contribution >= 0.6 is 10.0 Å². The summed E-state index contributed by atoms with van der Waals surface area (Å²) in [5, 5.41) is 1.93. The van der Waals surface area contributed by atoms with Crippen LogP contribution in [-0.4, -0.2) is 23.0 Å². The quantitative estimate of drug-likeness (QED) is 0.415. The first-order valence-electron chi connectivity index (χ1n) is 14.3. The second kappa shape index (κ2) is 8.60. The summed E-state index contributed by atoms with van der Waals surface area (Å²) in [4.78, 5) is 0. The molecule has 0 saturated heterocycles. The fraction of sp³-hybridized carbons (Fsp3) is 0.812. The van der Waals surface area contributed by atoms with Gasteiger partial charge in [0.15, 0.2) is 0 Å². The minimum Gasteiger partial charge on any atom is -0.240 e. The maximum Gasteiger partial charge on any atom is -0.00570 e. The Kier molecular flexibility index (Phi) is 6.33. The Morgan fingerprint density at radius 1 is 0.727 bits per heavy atom. The van der Waals surface area contributed by atoms with Gasteiger partial charge in [-0.15, -0.1) is 0 Å². The number of benzene rings is 1. The highest BCUT2D eigenvalue weighted by Gasteiger charge is 2.59. The molecule has 0 spiro atoms. The van der Waals surface area contributed by atoms with Gasteiger partial charge in [0.1, 0.15) is 0 Å². The van der Waals surface area contributed by atoms with E-state index in [0.717, 1.165) is 69.7 Å². The molecule has 0 amide bonds. The van der Waals surface area contributed by atoms with Crippen molar-refractivity contribution in [3.63, 3.8) is 0 Å². The van der Waals surface area contributed by atoms with E-state index in [4.69, 9.17) is 0 Å². The third-order valence-corrected chi connectivity index (χ3v) is 16.6. The molecule has 0 heterocycles. The molecule has 33 heavy (non-hydrogen) atoms. The van der Waals surface area contributed by atoms with E-state index >= 15 is 0 Å². The molecule has 4 aliphatic carbocycles. The van der Waals surface area contributed by atoms with Gasteiger partial charge in [0.25, 0.3) is 0 Å². The lowest BCUT2D eigenvalue weighted by Gasteiger charge is -2.54. The van der Waals surface area contributed by atoms with Gasteiger partial charge in [-0.2, -0.15) is 0 Å². The monoisotopic (exact) mass is 468 g/mol. The van der Waals surface area contributed by atoms with Gasteiger partial charge >= 0.3 is 0 Å². The van der Waals surface area contributed by atoms with Crippen LogP contribution in [-0.2, 0) is 0 Å². The zero-order chi connectivity index (χ0) is 23.8. The molecule has 1 aromatic carbocycles. The highest BCUT2D eigenvalue weighted by Crippen LogP contribution is 2.71. The summed E-state index contributed by atoms with van der Waals surface area (Å²) in [6.45, 7) is 17.7. The SMILES string of the molecule is Cc1ccc(C)c(C2C3CCCC3CC3C2CC(C)C3S(C)(C)C2C(C)C(C)C(C)C2C)c1. The number of rotatable bonds is 3. The predicted octanol–water partition coefficient (Wildman–Crippen LogP) is 8.84. The van der Waals surface area contributed by atoms with Gasteiger partial charge in [0.2, 0.25) is 0 Å². The zero-order valence-corrected chi connectivity index (χ0v) is 23.9. The van der Waals surface area contributed by atoms with Crippen molar-refractivity contribution in [3.8, 4) is 0 Å². The third kappa shape index (κ3) is 3.68. The van der Waals surface area contributed by atoms with Crippen LogP contribution in [0, 0.1) is 67.1 Å². The zero-order valence-electron chi connectivity index (χ0n) is 23.1. The van der Waals surface area contributed by atoms with Crippen molar-refractivity contribution in [2.75, 3.05) is 12.5 Å². The molecular weight excluding hydrogens is 416 g/mol. The Morgan fingerprint density at radius 2 is 1.39 bits per heavy atom. The smallest absolute Gasteiger partial charge is 0.00570 e. The Hall–Kier alpha value is -0.430. The van der Waals surface area contributed by atoms with Crippen molar-refractivity contribution in [1.29, 1.82) is 0 Å². The van der Waals surface area contributed by atoms with E-state index in [0.29, 0.717) is 0 Å². The van der Waals surface area contributed by atoms with Crippen LogP contribution < -0.4 is 0 Å². The average molecular weight is 469 g/mol. The van der Waals surface area contributed by atoms with Gasteiger partial charge in [-0.1, -0.05) is 71.2 Å². The Morgan fingerprint density at radius 3 is 2.06 bits per heavy atom. The Balaban J connectivity index is 1.53. The van der Waals surface area contributed by atoms with Gasteiger partial charge in [-0.3, -0.25) is 0 Å². The van der Waals surface area contributed by atoms with Crippen LogP contribution in [0.15, 0.2) is 18.2 Å². The number of hydrogen-bond donors (Lipinski definition) is 0. The van der Waals surface area contributed by atoms with Crippen molar-refractivity contribution >= 4 is 10.0 Å². The van der Waals surface area contributed by atoms with Crippen LogP contribution in [0.3, 0.4) is 0 Å². The number of fused-ring (bicyclic) bond motifs is 2. The van der Waals surface area contributed by atoms with Crippen LogP contribution in [0.4, 0.5) is 0 Å². The molecule has 0 nitrogen and oxygen atoms in total. The first-order chi connectivity index (χ1) is 15.5. The third-order valence-electron chi connectivity index (χ3n) is 12.1. The number of aryl methyl sites for hydroxylation is 2. The highest BCUT2D eigenvalue weighted by molar-refractivity contribution is 8.33. The molecule has 4 fully saturated rings. The maximum absolute atomic E-state index is 2.80. The summed E-state index contributed by atoms with van der Waals surface area (Å²) in [6.07, 6.45) is 13.1. The summed E-state index contributed by atoms with van der Waals surface area (Å²) < 4.78 is 0. The van der Waals surface area contributed by atoms with Crippen LogP contribution in [0.5, 0.6) is 0 Å². The van der Waals surface area contributed by atoms with Gasteiger partial charge < -0.3 is 0 Å². The summed E-state index contributed by atoms with van der Waals surface area (Å²) in [5.74, 6) is 9.15. The molecular formula is C32H52S. The molecule has 1 aromatic rings. The normalized spacial score (nSPS) is 48.0. The van der Waals surface area contributed by atoms with Gasteiger partial charge in [-0.25, -0.2) is 10.0 Å². The second-order valence-electron chi connectivity index (χ2n) is 13.9. The van der Waals surface area contributed by atoms with E-state index in [2.05, 4.69) is 79.2 Å². The van der Waals surface area contributed by atoms with Crippen molar-refractivity contribution < 1.29 is 0 Å². The lowest BCUT2D eigenvalue weighted by atomic mass is 9.61. The molecule has 11 atom stereocenters. The number of hydrogen-bond acceptors (Lipinski definition) is 0.